The quantitative estimate of drug-likeness (QED) is 0.521. The molecule has 3 heteroatoms. The Balaban J connectivity index is 2.36. The highest BCUT2D eigenvalue weighted by Gasteiger charge is 2.35. The van der Waals surface area contributed by atoms with Gasteiger partial charge >= 0.3 is 0 Å². The van der Waals surface area contributed by atoms with E-state index < -0.39 is 12.2 Å². The van der Waals surface area contributed by atoms with Gasteiger partial charge in [-0.15, -0.1) is 0 Å². The lowest BCUT2D eigenvalue weighted by Crippen LogP contribution is -2.10. The number of nitrogens with zero attached hydrogens (tertiary/aromatic N) is 1. The summed E-state index contributed by atoms with van der Waals surface area (Å²) in [5.41, 5.74) is 1.32. The van der Waals surface area contributed by atoms with Crippen LogP contribution in [0.1, 0.15) is 46.5 Å². The minimum atomic E-state index is -1.02. The number of alkyl halides is 1. The average molecular weight is 227 g/mol. The van der Waals surface area contributed by atoms with Crippen molar-refractivity contribution in [2.24, 2.45) is 16.5 Å². The maximum Gasteiger partial charge on any atom is 0.126 e. The zero-order valence-corrected chi connectivity index (χ0v) is 10.5. The van der Waals surface area contributed by atoms with Gasteiger partial charge in [0, 0.05) is 0 Å². The Hall–Kier alpha value is -0.730. The van der Waals surface area contributed by atoms with E-state index in [1.54, 1.807) is 0 Å². The first-order chi connectivity index (χ1) is 7.34. The molecule has 0 aromatic heterocycles. The van der Waals surface area contributed by atoms with Crippen LogP contribution in [0.5, 0.6) is 0 Å². The molecule has 0 heterocycles. The van der Waals surface area contributed by atoms with Gasteiger partial charge in [-0.25, -0.2) is 4.39 Å². The van der Waals surface area contributed by atoms with Crippen molar-refractivity contribution >= 4 is 0 Å². The van der Waals surface area contributed by atoms with Crippen LogP contribution in [0, 0.1) is 16.2 Å². The van der Waals surface area contributed by atoms with Crippen molar-refractivity contribution in [2.75, 3.05) is 0 Å². The summed E-state index contributed by atoms with van der Waals surface area (Å²) < 4.78 is 13.3. The van der Waals surface area contributed by atoms with Gasteiger partial charge in [-0.1, -0.05) is 38.1 Å². The summed E-state index contributed by atoms with van der Waals surface area (Å²) in [6.45, 7) is 10.5. The van der Waals surface area contributed by atoms with Crippen LogP contribution in [0.3, 0.4) is 0 Å². The van der Waals surface area contributed by atoms with Crippen molar-refractivity contribution in [1.82, 2.24) is 0 Å². The zero-order valence-electron chi connectivity index (χ0n) is 10.5. The van der Waals surface area contributed by atoms with Crippen LogP contribution in [0.4, 0.5) is 4.39 Å². The average Bonchev–Trinajstić information content (AvgIpc) is 2.54. The second-order valence-electron chi connectivity index (χ2n) is 5.92. The molecule has 0 saturated heterocycles. The third-order valence-corrected chi connectivity index (χ3v) is 3.60. The van der Waals surface area contributed by atoms with E-state index in [1.165, 1.54) is 5.57 Å². The first-order valence-corrected chi connectivity index (χ1v) is 5.99. The summed E-state index contributed by atoms with van der Waals surface area (Å²) in [5.74, 6) is 0.303. The molecule has 2 nitrogen and oxygen atoms in total. The first-order valence-electron chi connectivity index (χ1n) is 5.99. The number of allylic oxidation sites excluding steroid dienone is 1. The Labute approximate surface area is 97.3 Å². The molecule has 1 aliphatic carbocycles. The van der Waals surface area contributed by atoms with Crippen molar-refractivity contribution in [3.63, 3.8) is 0 Å². The maximum absolute atomic E-state index is 13.3. The SMILES string of the molecule is C=C(CCC1CC(F)C(N=O)C1)C(C)(C)C. The van der Waals surface area contributed by atoms with Gasteiger partial charge in [0.1, 0.15) is 12.2 Å². The molecule has 0 N–H and O–H groups in total. The number of hydrogen-bond donors (Lipinski definition) is 0. The van der Waals surface area contributed by atoms with Crippen molar-refractivity contribution in [2.45, 2.75) is 58.7 Å². The fraction of sp³-hybridized carbons (Fsp3) is 0.846. The molecule has 1 fully saturated rings. The standard InChI is InChI=1S/C13H22FNO/c1-9(13(2,3)4)5-6-10-7-11(14)12(8-10)15-16/h10-12H,1,5-8H2,2-4H3. The first kappa shape index (κ1) is 13.3. The van der Waals surface area contributed by atoms with Crippen LogP contribution in [-0.2, 0) is 0 Å². The lowest BCUT2D eigenvalue weighted by Gasteiger charge is -2.22. The Bertz CT molecular complexity index is 270. The third-order valence-electron chi connectivity index (χ3n) is 3.60. The van der Waals surface area contributed by atoms with Crippen molar-refractivity contribution in [1.29, 1.82) is 0 Å². The highest BCUT2D eigenvalue weighted by Crippen LogP contribution is 2.36. The van der Waals surface area contributed by atoms with E-state index in [2.05, 4.69) is 32.5 Å². The van der Waals surface area contributed by atoms with Gasteiger partial charge in [0.2, 0.25) is 0 Å². The summed E-state index contributed by atoms with van der Waals surface area (Å²) >= 11 is 0. The summed E-state index contributed by atoms with van der Waals surface area (Å²) in [7, 11) is 0. The molecule has 0 radical (unpaired) electrons. The fourth-order valence-corrected chi connectivity index (χ4v) is 2.16. The van der Waals surface area contributed by atoms with Crippen molar-refractivity contribution in [3.8, 4) is 0 Å². The zero-order chi connectivity index (χ0) is 12.3. The van der Waals surface area contributed by atoms with Crippen LogP contribution in [0.25, 0.3) is 0 Å². The largest absolute Gasteiger partial charge is 0.245 e. The van der Waals surface area contributed by atoms with Crippen molar-refractivity contribution < 1.29 is 4.39 Å². The molecule has 0 bridgehead atoms. The van der Waals surface area contributed by atoms with Crippen LogP contribution in [-0.4, -0.2) is 12.2 Å². The molecule has 0 aliphatic heterocycles. The van der Waals surface area contributed by atoms with E-state index in [9.17, 15) is 9.30 Å². The molecule has 3 unspecified atom stereocenters. The van der Waals surface area contributed by atoms with Crippen LogP contribution < -0.4 is 0 Å². The number of rotatable bonds is 4. The Morgan fingerprint density at radius 3 is 2.50 bits per heavy atom. The van der Waals surface area contributed by atoms with Gasteiger partial charge in [-0.2, -0.15) is 4.91 Å². The molecular weight excluding hydrogens is 205 g/mol. The summed E-state index contributed by atoms with van der Waals surface area (Å²) in [6, 6.07) is -0.604. The van der Waals surface area contributed by atoms with E-state index in [1.807, 2.05) is 0 Å². The summed E-state index contributed by atoms with van der Waals surface area (Å²) in [5, 5.41) is 2.85. The molecule has 1 saturated carbocycles. The van der Waals surface area contributed by atoms with E-state index in [-0.39, 0.29) is 5.41 Å². The topological polar surface area (TPSA) is 29.4 Å². The maximum atomic E-state index is 13.3. The van der Waals surface area contributed by atoms with Crippen LogP contribution >= 0.6 is 0 Å². The molecule has 1 rings (SSSR count). The van der Waals surface area contributed by atoms with E-state index >= 15 is 0 Å². The van der Waals surface area contributed by atoms with Crippen LogP contribution in [0.2, 0.25) is 0 Å². The van der Waals surface area contributed by atoms with Gasteiger partial charge in [0.15, 0.2) is 0 Å². The number of halogens is 1. The minimum absolute atomic E-state index is 0.121. The van der Waals surface area contributed by atoms with E-state index in [0.29, 0.717) is 18.8 Å². The Morgan fingerprint density at radius 1 is 1.44 bits per heavy atom. The molecule has 92 valence electrons. The number of hydrogen-bond acceptors (Lipinski definition) is 2. The lowest BCUT2D eigenvalue weighted by molar-refractivity contribution is 0.304. The molecule has 3 atom stereocenters. The monoisotopic (exact) mass is 227 g/mol. The predicted molar refractivity (Wildman–Crippen MR) is 65.0 cm³/mol. The molecule has 1 aliphatic rings. The van der Waals surface area contributed by atoms with Crippen molar-refractivity contribution in [3.05, 3.63) is 17.1 Å². The predicted octanol–water partition coefficient (Wildman–Crippen LogP) is 4.25. The van der Waals surface area contributed by atoms with Crippen LogP contribution in [0.15, 0.2) is 17.3 Å². The molecule has 0 amide bonds. The normalized spacial score (nSPS) is 30.4. The van der Waals surface area contributed by atoms with Gasteiger partial charge in [-0.05, 0) is 37.0 Å². The molecular formula is C13H22FNO. The molecule has 0 spiro atoms. The third kappa shape index (κ3) is 3.39. The van der Waals surface area contributed by atoms with E-state index in [0.717, 1.165) is 12.8 Å². The molecule has 0 aromatic carbocycles. The highest BCUT2D eigenvalue weighted by atomic mass is 19.1. The smallest absolute Gasteiger partial charge is 0.126 e. The van der Waals surface area contributed by atoms with Gasteiger partial charge in [-0.3, -0.25) is 0 Å². The number of nitroso groups, excluding NO2 is 1. The lowest BCUT2D eigenvalue weighted by atomic mass is 9.83. The van der Waals surface area contributed by atoms with Gasteiger partial charge < -0.3 is 0 Å². The Kier molecular flexibility index (Phi) is 4.22. The molecule has 16 heavy (non-hydrogen) atoms. The van der Waals surface area contributed by atoms with Gasteiger partial charge in [0.05, 0.1) is 0 Å². The van der Waals surface area contributed by atoms with Gasteiger partial charge in [0.25, 0.3) is 0 Å². The highest BCUT2D eigenvalue weighted by molar-refractivity contribution is 5.05. The summed E-state index contributed by atoms with van der Waals surface area (Å²) in [6.07, 6.45) is 1.94. The second kappa shape index (κ2) is 5.07. The fourth-order valence-electron chi connectivity index (χ4n) is 2.16. The minimum Gasteiger partial charge on any atom is -0.245 e. The Morgan fingerprint density at radius 2 is 2.06 bits per heavy atom. The molecule has 0 aromatic rings. The second-order valence-corrected chi connectivity index (χ2v) is 5.92. The summed E-state index contributed by atoms with van der Waals surface area (Å²) in [4.78, 5) is 10.4. The van der Waals surface area contributed by atoms with E-state index in [4.69, 9.17) is 0 Å².